The van der Waals surface area contributed by atoms with Crippen LogP contribution >= 0.6 is 0 Å². The molecule has 0 N–H and O–H groups in total. The van der Waals surface area contributed by atoms with E-state index in [-0.39, 0.29) is 0 Å². The summed E-state index contributed by atoms with van der Waals surface area (Å²) >= 11 is 0. The lowest BCUT2D eigenvalue weighted by molar-refractivity contribution is -0.116. The maximum absolute atomic E-state index is 10.9. The standard InChI is InChI=1S/C15H19NO/c17-13-16-12-5-4-10-15(16)11-6-9-14-7-2-1-3-8-14/h1-3,7-8,10,13H,4-6,9,11-12H2. The van der Waals surface area contributed by atoms with Crippen LogP contribution in [0.1, 0.15) is 31.2 Å². The molecule has 2 heteroatoms. The predicted octanol–water partition coefficient (Wildman–Crippen LogP) is 3.15. The van der Waals surface area contributed by atoms with Crippen LogP contribution in [-0.4, -0.2) is 17.9 Å². The lowest BCUT2D eigenvalue weighted by atomic mass is 10.0. The van der Waals surface area contributed by atoms with Crippen molar-refractivity contribution in [3.05, 3.63) is 47.7 Å². The second kappa shape index (κ2) is 6.24. The van der Waals surface area contributed by atoms with Gasteiger partial charge in [0.25, 0.3) is 0 Å². The molecule has 2 rings (SSSR count). The van der Waals surface area contributed by atoms with Gasteiger partial charge in [0, 0.05) is 12.2 Å². The summed E-state index contributed by atoms with van der Waals surface area (Å²) in [6.07, 6.45) is 8.60. The minimum atomic E-state index is 0.890. The average Bonchev–Trinajstić information content (AvgIpc) is 2.40. The molecule has 1 aromatic rings. The summed E-state index contributed by atoms with van der Waals surface area (Å²) in [6.45, 7) is 0.890. The van der Waals surface area contributed by atoms with E-state index in [1.807, 2.05) is 11.0 Å². The second-order valence-electron chi connectivity index (χ2n) is 4.48. The Bertz CT molecular complexity index is 383. The molecule has 0 bridgehead atoms. The molecule has 0 saturated heterocycles. The van der Waals surface area contributed by atoms with Crippen molar-refractivity contribution in [1.82, 2.24) is 4.90 Å². The van der Waals surface area contributed by atoms with Crippen molar-refractivity contribution in [3.8, 4) is 0 Å². The zero-order valence-electron chi connectivity index (χ0n) is 10.1. The van der Waals surface area contributed by atoms with Crippen molar-refractivity contribution in [1.29, 1.82) is 0 Å². The smallest absolute Gasteiger partial charge is 0.213 e. The first-order chi connectivity index (χ1) is 8.40. The molecule has 1 aliphatic heterocycles. The maximum atomic E-state index is 10.9. The number of hydrogen-bond donors (Lipinski definition) is 0. The lowest BCUT2D eigenvalue weighted by Crippen LogP contribution is -2.25. The highest BCUT2D eigenvalue weighted by atomic mass is 16.1. The molecule has 1 heterocycles. The molecule has 90 valence electrons. The van der Waals surface area contributed by atoms with Gasteiger partial charge in [0.1, 0.15) is 0 Å². The number of rotatable bonds is 5. The fourth-order valence-electron chi connectivity index (χ4n) is 2.28. The highest BCUT2D eigenvalue weighted by molar-refractivity contribution is 5.51. The molecule has 0 fully saturated rings. The predicted molar refractivity (Wildman–Crippen MR) is 69.5 cm³/mol. The van der Waals surface area contributed by atoms with Crippen molar-refractivity contribution in [2.24, 2.45) is 0 Å². The van der Waals surface area contributed by atoms with E-state index in [0.717, 1.165) is 45.1 Å². The van der Waals surface area contributed by atoms with Crippen LogP contribution < -0.4 is 0 Å². The minimum absolute atomic E-state index is 0.890. The van der Waals surface area contributed by atoms with Gasteiger partial charge in [-0.2, -0.15) is 0 Å². The molecule has 1 amide bonds. The van der Waals surface area contributed by atoms with Gasteiger partial charge in [0.05, 0.1) is 0 Å². The molecular formula is C15H19NO. The van der Waals surface area contributed by atoms with Crippen molar-refractivity contribution in [2.45, 2.75) is 32.1 Å². The van der Waals surface area contributed by atoms with E-state index < -0.39 is 0 Å². The number of benzene rings is 1. The van der Waals surface area contributed by atoms with Crippen LogP contribution in [0.3, 0.4) is 0 Å². The molecule has 1 aliphatic rings. The van der Waals surface area contributed by atoms with Crippen LogP contribution in [0.5, 0.6) is 0 Å². The Morgan fingerprint density at radius 2 is 2.00 bits per heavy atom. The topological polar surface area (TPSA) is 20.3 Å². The number of amides is 1. The zero-order chi connectivity index (χ0) is 11.9. The van der Waals surface area contributed by atoms with Gasteiger partial charge in [0.2, 0.25) is 6.41 Å². The van der Waals surface area contributed by atoms with E-state index in [1.165, 1.54) is 11.3 Å². The quantitative estimate of drug-likeness (QED) is 0.710. The summed E-state index contributed by atoms with van der Waals surface area (Å²) in [7, 11) is 0. The Hall–Kier alpha value is -1.57. The molecule has 0 radical (unpaired) electrons. The van der Waals surface area contributed by atoms with Crippen molar-refractivity contribution in [2.75, 3.05) is 6.54 Å². The third-order valence-corrected chi connectivity index (χ3v) is 3.22. The van der Waals surface area contributed by atoms with Gasteiger partial charge in [-0.1, -0.05) is 36.4 Å². The molecule has 0 atom stereocenters. The zero-order valence-corrected chi connectivity index (χ0v) is 10.1. The third-order valence-electron chi connectivity index (χ3n) is 3.22. The monoisotopic (exact) mass is 229 g/mol. The summed E-state index contributed by atoms with van der Waals surface area (Å²) in [5.41, 5.74) is 2.59. The first-order valence-electron chi connectivity index (χ1n) is 6.35. The average molecular weight is 229 g/mol. The highest BCUT2D eigenvalue weighted by Gasteiger charge is 2.11. The maximum Gasteiger partial charge on any atom is 0.213 e. The Balaban J connectivity index is 1.82. The summed E-state index contributed by atoms with van der Waals surface area (Å²) in [4.78, 5) is 12.7. The van der Waals surface area contributed by atoms with E-state index >= 15 is 0 Å². The van der Waals surface area contributed by atoms with E-state index in [1.54, 1.807) is 0 Å². The van der Waals surface area contributed by atoms with Gasteiger partial charge in [-0.3, -0.25) is 4.79 Å². The normalized spacial score (nSPS) is 15.5. The Labute approximate surface area is 103 Å². The Morgan fingerprint density at radius 1 is 1.18 bits per heavy atom. The van der Waals surface area contributed by atoms with Gasteiger partial charge in [-0.15, -0.1) is 0 Å². The number of carbonyl (C=O) groups excluding carboxylic acids is 1. The minimum Gasteiger partial charge on any atom is -0.319 e. The molecule has 0 unspecified atom stereocenters. The van der Waals surface area contributed by atoms with Gasteiger partial charge in [0.15, 0.2) is 0 Å². The van der Waals surface area contributed by atoms with Crippen LogP contribution in [0.2, 0.25) is 0 Å². The SMILES string of the molecule is O=CN1CCCC=C1CCCc1ccccc1. The molecule has 2 nitrogen and oxygen atoms in total. The number of carbonyl (C=O) groups is 1. The molecule has 0 aromatic heterocycles. The third kappa shape index (κ3) is 3.45. The number of nitrogens with zero attached hydrogens (tertiary/aromatic N) is 1. The van der Waals surface area contributed by atoms with Crippen molar-refractivity contribution in [3.63, 3.8) is 0 Å². The number of hydrogen-bond acceptors (Lipinski definition) is 1. The van der Waals surface area contributed by atoms with Crippen LogP contribution in [-0.2, 0) is 11.2 Å². The summed E-state index contributed by atoms with van der Waals surface area (Å²) in [5.74, 6) is 0. The largest absolute Gasteiger partial charge is 0.319 e. The number of allylic oxidation sites excluding steroid dienone is 2. The van der Waals surface area contributed by atoms with Crippen LogP contribution in [0.15, 0.2) is 42.1 Å². The van der Waals surface area contributed by atoms with E-state index in [0.29, 0.717) is 0 Å². The van der Waals surface area contributed by atoms with Gasteiger partial charge in [-0.25, -0.2) is 0 Å². The Kier molecular flexibility index (Phi) is 4.37. The second-order valence-corrected chi connectivity index (χ2v) is 4.48. The van der Waals surface area contributed by atoms with Crippen molar-refractivity contribution >= 4 is 6.41 Å². The Morgan fingerprint density at radius 3 is 2.76 bits per heavy atom. The van der Waals surface area contributed by atoms with Crippen molar-refractivity contribution < 1.29 is 4.79 Å². The van der Waals surface area contributed by atoms with Gasteiger partial charge in [-0.05, 0) is 37.7 Å². The van der Waals surface area contributed by atoms with Crippen LogP contribution in [0.25, 0.3) is 0 Å². The summed E-state index contributed by atoms with van der Waals surface area (Å²) < 4.78 is 0. The van der Waals surface area contributed by atoms with Gasteiger partial charge < -0.3 is 4.90 Å². The van der Waals surface area contributed by atoms with Crippen LogP contribution in [0.4, 0.5) is 0 Å². The fourth-order valence-corrected chi connectivity index (χ4v) is 2.28. The molecular weight excluding hydrogens is 210 g/mol. The summed E-state index contributed by atoms with van der Waals surface area (Å²) in [6, 6.07) is 10.5. The van der Waals surface area contributed by atoms with Crippen LogP contribution in [0, 0.1) is 0 Å². The van der Waals surface area contributed by atoms with E-state index in [9.17, 15) is 4.79 Å². The molecule has 1 aromatic carbocycles. The first kappa shape index (κ1) is 11.9. The lowest BCUT2D eigenvalue weighted by Gasteiger charge is -2.24. The van der Waals surface area contributed by atoms with E-state index in [4.69, 9.17) is 0 Å². The van der Waals surface area contributed by atoms with E-state index in [2.05, 4.69) is 30.3 Å². The summed E-state index contributed by atoms with van der Waals surface area (Å²) in [5, 5.41) is 0. The number of aryl methyl sites for hydroxylation is 1. The fraction of sp³-hybridized carbons (Fsp3) is 0.400. The molecule has 0 spiro atoms. The molecule has 17 heavy (non-hydrogen) atoms. The molecule has 0 saturated carbocycles. The van der Waals surface area contributed by atoms with Gasteiger partial charge >= 0.3 is 0 Å². The molecule has 0 aliphatic carbocycles. The highest BCUT2D eigenvalue weighted by Crippen LogP contribution is 2.18. The first-order valence-corrected chi connectivity index (χ1v) is 6.35.